The number of methoxy groups -OCH3 is 1. The van der Waals surface area contributed by atoms with Crippen LogP contribution in [0.4, 0.5) is 0 Å². The average molecular weight is 222 g/mol. The molecule has 0 saturated heterocycles. The predicted molar refractivity (Wildman–Crippen MR) is 67.7 cm³/mol. The Kier molecular flexibility index (Phi) is 5.29. The molecule has 0 aliphatic heterocycles. The molecule has 16 heavy (non-hydrogen) atoms. The molecule has 1 aromatic carbocycles. The van der Waals surface area contributed by atoms with Gasteiger partial charge >= 0.3 is 0 Å². The molecule has 0 aromatic heterocycles. The van der Waals surface area contributed by atoms with E-state index in [0.717, 1.165) is 18.6 Å². The summed E-state index contributed by atoms with van der Waals surface area (Å²) >= 11 is 0. The van der Waals surface area contributed by atoms with Gasteiger partial charge in [0.15, 0.2) is 0 Å². The Morgan fingerprint density at radius 1 is 1.25 bits per heavy atom. The SMILES string of the molecule is CCc1ccc(OC)c(CC(CN)CN)c1. The summed E-state index contributed by atoms with van der Waals surface area (Å²) in [5.41, 5.74) is 13.9. The summed E-state index contributed by atoms with van der Waals surface area (Å²) in [5.74, 6) is 1.27. The summed E-state index contributed by atoms with van der Waals surface area (Å²) in [5, 5.41) is 0. The molecule has 0 unspecified atom stereocenters. The highest BCUT2D eigenvalue weighted by atomic mass is 16.5. The van der Waals surface area contributed by atoms with E-state index in [1.165, 1.54) is 11.1 Å². The summed E-state index contributed by atoms with van der Waals surface area (Å²) in [4.78, 5) is 0. The maximum atomic E-state index is 5.67. The topological polar surface area (TPSA) is 61.3 Å². The van der Waals surface area contributed by atoms with Crippen molar-refractivity contribution in [2.24, 2.45) is 17.4 Å². The van der Waals surface area contributed by atoms with Gasteiger partial charge in [0.2, 0.25) is 0 Å². The minimum atomic E-state index is 0.334. The molecule has 0 amide bonds. The number of benzene rings is 1. The van der Waals surface area contributed by atoms with Gasteiger partial charge in [-0.3, -0.25) is 0 Å². The molecule has 0 bridgehead atoms. The normalized spacial score (nSPS) is 10.8. The van der Waals surface area contributed by atoms with E-state index in [2.05, 4.69) is 19.1 Å². The van der Waals surface area contributed by atoms with E-state index >= 15 is 0 Å². The summed E-state index contributed by atoms with van der Waals surface area (Å²) in [7, 11) is 1.70. The molecule has 4 N–H and O–H groups in total. The minimum Gasteiger partial charge on any atom is -0.496 e. The first-order valence-corrected chi connectivity index (χ1v) is 5.81. The fourth-order valence-corrected chi connectivity index (χ4v) is 1.79. The van der Waals surface area contributed by atoms with Crippen LogP contribution in [0.15, 0.2) is 18.2 Å². The van der Waals surface area contributed by atoms with Crippen LogP contribution in [-0.4, -0.2) is 20.2 Å². The molecular formula is C13H22N2O. The molecule has 0 spiro atoms. The van der Waals surface area contributed by atoms with Gasteiger partial charge in [0.1, 0.15) is 5.75 Å². The van der Waals surface area contributed by atoms with Crippen LogP contribution in [0.3, 0.4) is 0 Å². The van der Waals surface area contributed by atoms with Crippen molar-refractivity contribution in [3.63, 3.8) is 0 Å². The largest absolute Gasteiger partial charge is 0.496 e. The van der Waals surface area contributed by atoms with E-state index in [0.29, 0.717) is 19.0 Å². The predicted octanol–water partition coefficient (Wildman–Crippen LogP) is 1.33. The molecule has 0 aliphatic rings. The molecule has 3 heteroatoms. The number of ether oxygens (including phenoxy) is 1. The van der Waals surface area contributed by atoms with Crippen molar-refractivity contribution >= 4 is 0 Å². The van der Waals surface area contributed by atoms with E-state index in [1.54, 1.807) is 7.11 Å². The molecule has 0 atom stereocenters. The zero-order valence-electron chi connectivity index (χ0n) is 10.2. The molecule has 1 aromatic rings. The molecular weight excluding hydrogens is 200 g/mol. The second kappa shape index (κ2) is 6.51. The number of nitrogens with two attached hydrogens (primary N) is 2. The molecule has 0 aliphatic carbocycles. The maximum Gasteiger partial charge on any atom is 0.122 e. The van der Waals surface area contributed by atoms with E-state index < -0.39 is 0 Å². The van der Waals surface area contributed by atoms with Crippen LogP contribution in [0.1, 0.15) is 18.1 Å². The van der Waals surface area contributed by atoms with E-state index in [-0.39, 0.29) is 0 Å². The van der Waals surface area contributed by atoms with Crippen LogP contribution in [0.25, 0.3) is 0 Å². The van der Waals surface area contributed by atoms with Crippen LogP contribution >= 0.6 is 0 Å². The van der Waals surface area contributed by atoms with Crippen molar-refractivity contribution in [3.8, 4) is 5.75 Å². The summed E-state index contributed by atoms with van der Waals surface area (Å²) in [6.45, 7) is 3.39. The van der Waals surface area contributed by atoms with Gasteiger partial charge < -0.3 is 16.2 Å². The van der Waals surface area contributed by atoms with Gasteiger partial charge in [-0.2, -0.15) is 0 Å². The van der Waals surface area contributed by atoms with Crippen molar-refractivity contribution in [1.29, 1.82) is 0 Å². The van der Waals surface area contributed by atoms with Gasteiger partial charge in [-0.15, -0.1) is 0 Å². The lowest BCUT2D eigenvalue weighted by atomic mass is 9.97. The molecule has 0 radical (unpaired) electrons. The standard InChI is InChI=1S/C13H22N2O/c1-3-10-4-5-13(16-2)12(6-10)7-11(8-14)9-15/h4-6,11H,3,7-9,14-15H2,1-2H3. The third-order valence-corrected chi connectivity index (χ3v) is 2.93. The number of hydrogen-bond acceptors (Lipinski definition) is 3. The highest BCUT2D eigenvalue weighted by Gasteiger charge is 2.10. The number of rotatable bonds is 6. The Hall–Kier alpha value is -1.06. The van der Waals surface area contributed by atoms with Gasteiger partial charge in [-0.1, -0.05) is 19.1 Å². The van der Waals surface area contributed by atoms with Crippen molar-refractivity contribution < 1.29 is 4.74 Å². The van der Waals surface area contributed by atoms with Crippen LogP contribution in [0.5, 0.6) is 5.75 Å². The Labute approximate surface area is 97.8 Å². The number of hydrogen-bond donors (Lipinski definition) is 2. The zero-order valence-corrected chi connectivity index (χ0v) is 10.2. The number of aryl methyl sites for hydroxylation is 1. The van der Waals surface area contributed by atoms with Crippen molar-refractivity contribution in [2.45, 2.75) is 19.8 Å². The first-order chi connectivity index (χ1) is 7.74. The molecule has 0 saturated carbocycles. The van der Waals surface area contributed by atoms with Crippen molar-refractivity contribution in [1.82, 2.24) is 0 Å². The second-order valence-corrected chi connectivity index (χ2v) is 4.04. The smallest absolute Gasteiger partial charge is 0.122 e. The first kappa shape index (κ1) is 13.0. The minimum absolute atomic E-state index is 0.334. The second-order valence-electron chi connectivity index (χ2n) is 4.04. The molecule has 0 heterocycles. The van der Waals surface area contributed by atoms with Gasteiger partial charge in [0.05, 0.1) is 7.11 Å². The monoisotopic (exact) mass is 222 g/mol. The third-order valence-electron chi connectivity index (χ3n) is 2.93. The molecule has 0 fully saturated rings. The van der Waals surface area contributed by atoms with Crippen LogP contribution < -0.4 is 16.2 Å². The third kappa shape index (κ3) is 3.22. The fraction of sp³-hybridized carbons (Fsp3) is 0.538. The summed E-state index contributed by atoms with van der Waals surface area (Å²) < 4.78 is 5.35. The average Bonchev–Trinajstić information content (AvgIpc) is 2.35. The summed E-state index contributed by atoms with van der Waals surface area (Å²) in [6, 6.07) is 6.32. The van der Waals surface area contributed by atoms with Crippen molar-refractivity contribution in [3.05, 3.63) is 29.3 Å². The molecule has 1 rings (SSSR count). The highest BCUT2D eigenvalue weighted by Crippen LogP contribution is 2.22. The van der Waals surface area contributed by atoms with E-state index in [1.807, 2.05) is 6.07 Å². The Balaban J connectivity index is 2.90. The van der Waals surface area contributed by atoms with Crippen LogP contribution in [-0.2, 0) is 12.8 Å². The zero-order chi connectivity index (χ0) is 12.0. The van der Waals surface area contributed by atoms with Gasteiger partial charge in [-0.25, -0.2) is 0 Å². The van der Waals surface area contributed by atoms with Gasteiger partial charge in [0, 0.05) is 0 Å². The van der Waals surface area contributed by atoms with E-state index in [9.17, 15) is 0 Å². The quantitative estimate of drug-likeness (QED) is 0.763. The van der Waals surface area contributed by atoms with Crippen molar-refractivity contribution in [2.75, 3.05) is 20.2 Å². The van der Waals surface area contributed by atoms with Crippen LogP contribution in [0, 0.1) is 5.92 Å². The lowest BCUT2D eigenvalue weighted by molar-refractivity contribution is 0.404. The first-order valence-electron chi connectivity index (χ1n) is 5.81. The molecule has 90 valence electrons. The summed E-state index contributed by atoms with van der Waals surface area (Å²) in [6.07, 6.45) is 1.93. The lowest BCUT2D eigenvalue weighted by Crippen LogP contribution is -2.25. The fourth-order valence-electron chi connectivity index (χ4n) is 1.79. The van der Waals surface area contributed by atoms with E-state index in [4.69, 9.17) is 16.2 Å². The lowest BCUT2D eigenvalue weighted by Gasteiger charge is -2.15. The van der Waals surface area contributed by atoms with Crippen LogP contribution in [0.2, 0.25) is 0 Å². The van der Waals surface area contributed by atoms with Gasteiger partial charge in [-0.05, 0) is 49.0 Å². The molecule has 3 nitrogen and oxygen atoms in total. The Morgan fingerprint density at radius 3 is 2.44 bits per heavy atom. The maximum absolute atomic E-state index is 5.67. The Bertz CT molecular complexity index is 322. The van der Waals surface area contributed by atoms with Gasteiger partial charge in [0.25, 0.3) is 0 Å². The highest BCUT2D eigenvalue weighted by molar-refractivity contribution is 5.37. The Morgan fingerprint density at radius 2 is 1.94 bits per heavy atom.